The van der Waals surface area contributed by atoms with Crippen LogP contribution >= 0.6 is 11.8 Å². The summed E-state index contributed by atoms with van der Waals surface area (Å²) in [5.74, 6) is 0. The van der Waals surface area contributed by atoms with Crippen LogP contribution in [0.4, 0.5) is 0 Å². The summed E-state index contributed by atoms with van der Waals surface area (Å²) in [6, 6.07) is 21.6. The Balaban J connectivity index is 1.41. The number of thioether (sulfide) groups is 1. The zero-order chi connectivity index (χ0) is 20.7. The summed E-state index contributed by atoms with van der Waals surface area (Å²) in [7, 11) is 0. The van der Waals surface area contributed by atoms with E-state index in [2.05, 4.69) is 73.1 Å². The number of hydrogen-bond donors (Lipinski definition) is 1. The van der Waals surface area contributed by atoms with Gasteiger partial charge in [0.1, 0.15) is 0 Å². The number of nitrogens with one attached hydrogen (secondary N) is 1. The maximum Gasteiger partial charge on any atom is 0.169 e. The average Bonchev–Trinajstić information content (AvgIpc) is 3.18. The lowest BCUT2D eigenvalue weighted by atomic mass is 9.94. The van der Waals surface area contributed by atoms with Gasteiger partial charge in [0.05, 0.1) is 6.54 Å². The zero-order valence-corrected chi connectivity index (χ0v) is 18.8. The summed E-state index contributed by atoms with van der Waals surface area (Å²) in [6.07, 6.45) is 9.34. The Labute approximate surface area is 185 Å². The van der Waals surface area contributed by atoms with Crippen molar-refractivity contribution in [3.8, 4) is 0 Å². The van der Waals surface area contributed by atoms with E-state index in [0.29, 0.717) is 10.5 Å². The third-order valence-electron chi connectivity index (χ3n) is 6.01. The van der Waals surface area contributed by atoms with Crippen LogP contribution in [-0.2, 0) is 9.78 Å². The smallest absolute Gasteiger partial charge is 0.169 e. The van der Waals surface area contributed by atoms with Crippen molar-refractivity contribution in [3.63, 3.8) is 0 Å². The average molecular weight is 427 g/mol. The second-order valence-electron chi connectivity index (χ2n) is 8.45. The topological polar surface area (TPSA) is 33.7 Å². The van der Waals surface area contributed by atoms with Gasteiger partial charge in [0.15, 0.2) is 5.72 Å². The van der Waals surface area contributed by atoms with Crippen molar-refractivity contribution in [2.45, 2.75) is 74.5 Å². The van der Waals surface area contributed by atoms with Gasteiger partial charge in [-0.15, -0.1) is 17.2 Å². The molecule has 0 aromatic heterocycles. The van der Waals surface area contributed by atoms with Crippen LogP contribution in [0.3, 0.4) is 0 Å². The predicted molar refractivity (Wildman–Crippen MR) is 123 cm³/mol. The maximum atomic E-state index is 6.41. The van der Waals surface area contributed by atoms with Gasteiger partial charge >= 0.3 is 0 Å². The molecule has 30 heavy (non-hydrogen) atoms. The van der Waals surface area contributed by atoms with E-state index in [4.69, 9.17) is 9.78 Å². The van der Waals surface area contributed by atoms with Crippen molar-refractivity contribution in [3.05, 3.63) is 71.8 Å². The monoisotopic (exact) mass is 426 g/mol. The van der Waals surface area contributed by atoms with Gasteiger partial charge in [0.2, 0.25) is 0 Å². The second-order valence-corrected chi connectivity index (χ2v) is 9.86. The highest BCUT2D eigenvalue weighted by Crippen LogP contribution is 2.54. The Kier molecular flexibility index (Phi) is 7.85. The summed E-state index contributed by atoms with van der Waals surface area (Å²) >= 11 is 2.03. The molecule has 2 fully saturated rings. The fraction of sp³-hybridized carbons (Fsp3) is 0.520. The summed E-state index contributed by atoms with van der Waals surface area (Å²) in [6.45, 7) is 3.06. The summed E-state index contributed by atoms with van der Waals surface area (Å²) < 4.78 is 0. The predicted octanol–water partition coefficient (Wildman–Crippen LogP) is 6.74. The Morgan fingerprint density at radius 2 is 1.43 bits per heavy atom. The lowest BCUT2D eigenvalue weighted by molar-refractivity contribution is -0.328. The summed E-state index contributed by atoms with van der Waals surface area (Å²) in [5.41, 5.74) is 5.49. The van der Waals surface area contributed by atoms with Gasteiger partial charge in [0, 0.05) is 23.3 Å². The third kappa shape index (κ3) is 5.65. The van der Waals surface area contributed by atoms with Crippen LogP contribution in [0.1, 0.15) is 79.9 Å². The van der Waals surface area contributed by atoms with Crippen LogP contribution in [0.5, 0.6) is 0 Å². The molecule has 5 heteroatoms. The molecule has 4 rings (SSSR count). The first-order valence-electron chi connectivity index (χ1n) is 11.4. The number of hydrogen-bond acceptors (Lipinski definition) is 5. The zero-order valence-electron chi connectivity index (χ0n) is 18.0. The second kappa shape index (κ2) is 10.8. The molecular formula is C25H34N2O2S. The summed E-state index contributed by atoms with van der Waals surface area (Å²) in [5, 5.41) is 2.39. The molecule has 2 unspecified atom stereocenters. The van der Waals surface area contributed by atoms with Crippen LogP contribution < -0.4 is 5.48 Å². The molecule has 2 aliphatic rings. The van der Waals surface area contributed by atoms with E-state index in [1.807, 2.05) is 11.8 Å². The van der Waals surface area contributed by atoms with Gasteiger partial charge in [-0.3, -0.25) is 0 Å². The van der Waals surface area contributed by atoms with E-state index < -0.39 is 5.72 Å². The third-order valence-corrected chi connectivity index (χ3v) is 7.54. The highest BCUT2D eigenvalue weighted by atomic mass is 32.2. The highest BCUT2D eigenvalue weighted by molar-refractivity contribution is 7.99. The molecule has 2 atom stereocenters. The van der Waals surface area contributed by atoms with Crippen LogP contribution in [0.25, 0.3) is 0 Å². The van der Waals surface area contributed by atoms with Gasteiger partial charge in [-0.2, -0.15) is 4.94 Å². The minimum absolute atomic E-state index is 0.357. The highest BCUT2D eigenvalue weighted by Gasteiger charge is 2.49. The molecule has 162 valence electrons. The Bertz CT molecular complexity index is 711. The van der Waals surface area contributed by atoms with Crippen LogP contribution in [0.15, 0.2) is 60.7 Å². The molecular weight excluding hydrogens is 392 g/mol. The first kappa shape index (κ1) is 21.8. The molecule has 4 nitrogen and oxygen atoms in total. The molecule has 2 saturated heterocycles. The molecule has 1 N–H and O–H groups in total. The fourth-order valence-corrected chi connectivity index (χ4v) is 6.10. The van der Waals surface area contributed by atoms with E-state index in [-0.39, 0.29) is 0 Å². The van der Waals surface area contributed by atoms with Gasteiger partial charge in [-0.05, 0) is 22.8 Å². The molecule has 1 spiro atoms. The lowest BCUT2D eigenvalue weighted by Crippen LogP contribution is -2.45. The number of rotatable bonds is 9. The molecule has 0 aliphatic carbocycles. The standard InChI is InChI=1S/C25H34N2O2S/c1-2-3-4-5-6-13-18-27-28-25(26-29-27)19-23(21-14-9-7-10-15-21)30-24(20-25)22-16-11-8-12-17-22/h7-12,14-17,23-24,26H,2-6,13,18-20H2,1H3. The van der Waals surface area contributed by atoms with Crippen molar-refractivity contribution in [2.24, 2.45) is 0 Å². The van der Waals surface area contributed by atoms with Crippen molar-refractivity contribution in [1.29, 1.82) is 0 Å². The largest absolute Gasteiger partial charge is 0.248 e. The minimum atomic E-state index is -0.478. The Morgan fingerprint density at radius 3 is 2.03 bits per heavy atom. The van der Waals surface area contributed by atoms with E-state index in [0.717, 1.165) is 25.8 Å². The summed E-state index contributed by atoms with van der Waals surface area (Å²) in [4.78, 5) is 12.2. The van der Waals surface area contributed by atoms with Crippen LogP contribution in [-0.4, -0.2) is 17.5 Å². The molecule has 0 amide bonds. The normalized spacial score (nSPS) is 27.0. The van der Waals surface area contributed by atoms with Crippen molar-refractivity contribution in [2.75, 3.05) is 6.54 Å². The van der Waals surface area contributed by atoms with Gasteiger partial charge in [-0.25, -0.2) is 4.84 Å². The SMILES string of the molecule is CCCCCCCCN1ONC2(CC(c3ccccc3)SC(c3ccccc3)C2)O1. The molecule has 2 aliphatic heterocycles. The lowest BCUT2D eigenvalue weighted by Gasteiger charge is -2.39. The molecule has 2 heterocycles. The fourth-order valence-electron chi connectivity index (χ4n) is 4.34. The van der Waals surface area contributed by atoms with E-state index in [9.17, 15) is 0 Å². The van der Waals surface area contributed by atoms with Gasteiger partial charge < -0.3 is 0 Å². The number of nitrogens with zero attached hydrogens (tertiary/aromatic N) is 1. The van der Waals surface area contributed by atoms with E-state index in [1.165, 1.54) is 43.2 Å². The first-order chi connectivity index (χ1) is 14.8. The van der Waals surface area contributed by atoms with Crippen LogP contribution in [0, 0.1) is 0 Å². The number of hydroxylamine groups is 3. The molecule has 0 radical (unpaired) electrons. The molecule has 0 bridgehead atoms. The van der Waals surface area contributed by atoms with Crippen LogP contribution in [0.2, 0.25) is 0 Å². The number of benzene rings is 2. The number of unbranched alkanes of at least 4 members (excludes halogenated alkanes) is 5. The van der Waals surface area contributed by atoms with Crippen molar-refractivity contribution >= 4 is 11.8 Å². The van der Waals surface area contributed by atoms with Crippen molar-refractivity contribution < 1.29 is 9.78 Å². The molecule has 0 saturated carbocycles. The van der Waals surface area contributed by atoms with Gasteiger partial charge in [0.25, 0.3) is 0 Å². The van der Waals surface area contributed by atoms with Crippen molar-refractivity contribution in [1.82, 2.24) is 10.7 Å². The Morgan fingerprint density at radius 1 is 0.867 bits per heavy atom. The maximum absolute atomic E-state index is 6.41. The quantitative estimate of drug-likeness (QED) is 0.449. The van der Waals surface area contributed by atoms with E-state index in [1.54, 1.807) is 5.23 Å². The van der Waals surface area contributed by atoms with E-state index >= 15 is 0 Å². The molecule has 2 aromatic carbocycles. The Hall–Kier alpha value is -1.37. The minimum Gasteiger partial charge on any atom is -0.248 e. The first-order valence-corrected chi connectivity index (χ1v) is 12.4. The molecule has 2 aromatic rings. The van der Waals surface area contributed by atoms with Gasteiger partial charge in [-0.1, -0.05) is 99.7 Å².